The number of oxime groups is 1. The molecule has 1 aromatic carbocycles. The average Bonchev–Trinajstić information content (AvgIpc) is 2.23. The molecule has 0 aliphatic carbocycles. The van der Waals surface area contributed by atoms with E-state index in [1.54, 1.807) is 18.2 Å². The fraction of sp³-hybridized carbons (Fsp3) is 0.300. The van der Waals surface area contributed by atoms with Gasteiger partial charge in [-0.25, -0.2) is 0 Å². The molecular formula is C10H12Cl2N2OS. The van der Waals surface area contributed by atoms with E-state index in [2.05, 4.69) is 5.16 Å². The number of hydrogen-bond donors (Lipinski definition) is 2. The predicted octanol–water partition coefficient (Wildman–Crippen LogP) is 3.61. The van der Waals surface area contributed by atoms with E-state index in [0.717, 1.165) is 4.90 Å². The molecule has 16 heavy (non-hydrogen) atoms. The van der Waals surface area contributed by atoms with Crippen molar-refractivity contribution in [1.82, 2.24) is 0 Å². The van der Waals surface area contributed by atoms with Crippen LogP contribution in [0.3, 0.4) is 0 Å². The van der Waals surface area contributed by atoms with Crippen LogP contribution in [0.25, 0.3) is 0 Å². The molecule has 0 heterocycles. The number of rotatable bonds is 4. The Morgan fingerprint density at radius 2 is 2.25 bits per heavy atom. The molecule has 88 valence electrons. The van der Waals surface area contributed by atoms with Crippen LogP contribution in [0.4, 0.5) is 0 Å². The maximum Gasteiger partial charge on any atom is 0.140 e. The van der Waals surface area contributed by atoms with E-state index in [1.807, 2.05) is 6.92 Å². The fourth-order valence-electron chi connectivity index (χ4n) is 1.16. The van der Waals surface area contributed by atoms with Gasteiger partial charge < -0.3 is 10.9 Å². The smallest absolute Gasteiger partial charge is 0.140 e. The van der Waals surface area contributed by atoms with Crippen molar-refractivity contribution >= 4 is 40.8 Å². The van der Waals surface area contributed by atoms with Crippen LogP contribution in [0.1, 0.15) is 13.3 Å². The standard InChI is InChI=1S/C10H12Cl2N2OS/c1-6(4-10(13)14-15)16-9-5-7(11)2-3-8(9)12/h2-3,5-6,15H,4H2,1H3,(H2,13,14). The number of nitrogens with two attached hydrogens (primary N) is 1. The molecule has 3 nitrogen and oxygen atoms in total. The summed E-state index contributed by atoms with van der Waals surface area (Å²) in [6.07, 6.45) is 0.490. The van der Waals surface area contributed by atoms with E-state index < -0.39 is 0 Å². The third kappa shape index (κ3) is 4.12. The number of benzene rings is 1. The Bertz CT molecular complexity index is 398. The van der Waals surface area contributed by atoms with Gasteiger partial charge in [-0.3, -0.25) is 0 Å². The number of halogens is 2. The first-order chi connectivity index (χ1) is 7.52. The Balaban J connectivity index is 2.69. The van der Waals surface area contributed by atoms with Crippen LogP contribution in [0, 0.1) is 0 Å². The molecular weight excluding hydrogens is 267 g/mol. The first kappa shape index (κ1) is 13.5. The lowest BCUT2D eigenvalue weighted by Gasteiger charge is -2.11. The lowest BCUT2D eigenvalue weighted by molar-refractivity contribution is 0.317. The molecule has 0 saturated carbocycles. The maximum atomic E-state index is 8.45. The highest BCUT2D eigenvalue weighted by atomic mass is 35.5. The molecule has 1 aromatic rings. The fourth-order valence-corrected chi connectivity index (χ4v) is 2.71. The Morgan fingerprint density at radius 3 is 2.88 bits per heavy atom. The normalized spacial score (nSPS) is 13.8. The minimum Gasteiger partial charge on any atom is -0.409 e. The van der Waals surface area contributed by atoms with Crippen molar-refractivity contribution in [3.8, 4) is 0 Å². The van der Waals surface area contributed by atoms with Crippen LogP contribution in [0.5, 0.6) is 0 Å². The molecule has 0 saturated heterocycles. The van der Waals surface area contributed by atoms with Crippen LogP contribution in [-0.2, 0) is 0 Å². The summed E-state index contributed by atoms with van der Waals surface area (Å²) in [5.74, 6) is 0.207. The number of thioether (sulfide) groups is 1. The summed E-state index contributed by atoms with van der Waals surface area (Å²) in [6.45, 7) is 1.97. The second-order valence-corrected chi connectivity index (χ2v) is 5.62. The molecule has 1 atom stereocenters. The monoisotopic (exact) mass is 278 g/mol. The van der Waals surface area contributed by atoms with Gasteiger partial charge in [-0.1, -0.05) is 35.3 Å². The quantitative estimate of drug-likeness (QED) is 0.291. The van der Waals surface area contributed by atoms with E-state index >= 15 is 0 Å². The van der Waals surface area contributed by atoms with E-state index in [1.165, 1.54) is 11.8 Å². The largest absolute Gasteiger partial charge is 0.409 e. The zero-order chi connectivity index (χ0) is 12.1. The molecule has 0 aromatic heterocycles. The van der Waals surface area contributed by atoms with Gasteiger partial charge in [-0.05, 0) is 18.2 Å². The Kier molecular flexibility index (Phi) is 5.25. The van der Waals surface area contributed by atoms with E-state index in [4.69, 9.17) is 34.1 Å². The van der Waals surface area contributed by atoms with E-state index in [-0.39, 0.29) is 11.1 Å². The van der Waals surface area contributed by atoms with Gasteiger partial charge in [0.1, 0.15) is 5.84 Å². The molecule has 0 aliphatic rings. The molecule has 0 spiro atoms. The summed E-state index contributed by atoms with van der Waals surface area (Å²) in [6, 6.07) is 5.29. The van der Waals surface area contributed by atoms with Gasteiger partial charge in [-0.2, -0.15) is 0 Å². The van der Waals surface area contributed by atoms with Crippen molar-refractivity contribution in [3.63, 3.8) is 0 Å². The zero-order valence-electron chi connectivity index (χ0n) is 8.65. The first-order valence-corrected chi connectivity index (χ1v) is 6.24. The summed E-state index contributed by atoms with van der Waals surface area (Å²) in [7, 11) is 0. The van der Waals surface area contributed by atoms with Crippen LogP contribution in [0.15, 0.2) is 28.3 Å². The molecule has 3 N–H and O–H groups in total. The topological polar surface area (TPSA) is 58.6 Å². The molecule has 0 fully saturated rings. The van der Waals surface area contributed by atoms with Crippen molar-refractivity contribution in [2.24, 2.45) is 10.9 Å². The minimum absolute atomic E-state index is 0.159. The Morgan fingerprint density at radius 1 is 1.56 bits per heavy atom. The molecule has 0 radical (unpaired) electrons. The van der Waals surface area contributed by atoms with E-state index in [0.29, 0.717) is 16.5 Å². The molecule has 1 unspecified atom stereocenters. The van der Waals surface area contributed by atoms with Crippen molar-refractivity contribution in [2.45, 2.75) is 23.5 Å². The minimum atomic E-state index is 0.159. The van der Waals surface area contributed by atoms with Gasteiger partial charge in [0.25, 0.3) is 0 Å². The molecule has 0 aliphatic heterocycles. The summed E-state index contributed by atoms with van der Waals surface area (Å²) in [5.41, 5.74) is 5.42. The third-order valence-electron chi connectivity index (χ3n) is 1.85. The molecule has 0 amide bonds. The van der Waals surface area contributed by atoms with Crippen LogP contribution in [-0.4, -0.2) is 16.3 Å². The number of nitrogens with zero attached hydrogens (tertiary/aromatic N) is 1. The van der Waals surface area contributed by atoms with Crippen LogP contribution < -0.4 is 5.73 Å². The van der Waals surface area contributed by atoms with E-state index in [9.17, 15) is 0 Å². The molecule has 6 heteroatoms. The Hall–Kier alpha value is -0.580. The van der Waals surface area contributed by atoms with Gasteiger partial charge in [0, 0.05) is 21.6 Å². The lowest BCUT2D eigenvalue weighted by Crippen LogP contribution is -2.16. The Labute approximate surface area is 109 Å². The second kappa shape index (κ2) is 6.23. The highest BCUT2D eigenvalue weighted by Gasteiger charge is 2.10. The van der Waals surface area contributed by atoms with Crippen molar-refractivity contribution in [3.05, 3.63) is 28.2 Å². The predicted molar refractivity (Wildman–Crippen MR) is 69.8 cm³/mol. The van der Waals surface area contributed by atoms with Gasteiger partial charge in [0.15, 0.2) is 0 Å². The summed E-state index contributed by atoms with van der Waals surface area (Å²) < 4.78 is 0. The maximum absolute atomic E-state index is 8.45. The van der Waals surface area contributed by atoms with Crippen molar-refractivity contribution < 1.29 is 5.21 Å². The number of amidine groups is 1. The zero-order valence-corrected chi connectivity index (χ0v) is 11.0. The third-order valence-corrected chi connectivity index (χ3v) is 3.68. The molecule has 1 rings (SSSR count). The van der Waals surface area contributed by atoms with Crippen LogP contribution >= 0.6 is 35.0 Å². The number of hydrogen-bond acceptors (Lipinski definition) is 3. The van der Waals surface area contributed by atoms with Crippen LogP contribution in [0.2, 0.25) is 10.0 Å². The lowest BCUT2D eigenvalue weighted by atomic mass is 10.3. The van der Waals surface area contributed by atoms with Crippen molar-refractivity contribution in [2.75, 3.05) is 0 Å². The van der Waals surface area contributed by atoms with Gasteiger partial charge in [-0.15, -0.1) is 11.8 Å². The SMILES string of the molecule is CC(CC(N)=NO)Sc1cc(Cl)ccc1Cl. The first-order valence-electron chi connectivity index (χ1n) is 4.61. The highest BCUT2D eigenvalue weighted by molar-refractivity contribution is 8.00. The summed E-state index contributed by atoms with van der Waals surface area (Å²) in [4.78, 5) is 0.896. The van der Waals surface area contributed by atoms with Gasteiger partial charge in [0.05, 0.1) is 5.02 Å². The van der Waals surface area contributed by atoms with Crippen molar-refractivity contribution in [1.29, 1.82) is 0 Å². The molecule has 0 bridgehead atoms. The average molecular weight is 279 g/mol. The van der Waals surface area contributed by atoms with Gasteiger partial charge in [0.2, 0.25) is 0 Å². The summed E-state index contributed by atoms with van der Waals surface area (Å²) in [5, 5.41) is 12.8. The summed E-state index contributed by atoms with van der Waals surface area (Å²) >= 11 is 13.4. The second-order valence-electron chi connectivity index (χ2n) is 3.30. The van der Waals surface area contributed by atoms with Gasteiger partial charge >= 0.3 is 0 Å². The highest BCUT2D eigenvalue weighted by Crippen LogP contribution is 2.33.